The van der Waals surface area contributed by atoms with E-state index in [1.807, 2.05) is 12.1 Å². The van der Waals surface area contributed by atoms with E-state index in [0.29, 0.717) is 5.69 Å². The summed E-state index contributed by atoms with van der Waals surface area (Å²) in [4.78, 5) is 6.32. The highest BCUT2D eigenvalue weighted by Crippen LogP contribution is 2.18. The zero-order valence-corrected chi connectivity index (χ0v) is 9.89. The van der Waals surface area contributed by atoms with Gasteiger partial charge < -0.3 is 9.64 Å². The SMILES string of the molecule is COCC1=CCN(c2ccc(C#N)nc2)CC1. The molecule has 0 unspecified atom stereocenters. The molecule has 0 saturated heterocycles. The number of hydrogen-bond donors (Lipinski definition) is 0. The molecule has 2 heterocycles. The van der Waals surface area contributed by atoms with Crippen LogP contribution in [0.3, 0.4) is 0 Å². The molecule has 1 aliphatic rings. The van der Waals surface area contributed by atoms with Crippen LogP contribution in [0.1, 0.15) is 12.1 Å². The van der Waals surface area contributed by atoms with E-state index in [1.165, 1.54) is 5.57 Å². The molecule has 0 radical (unpaired) electrons. The van der Waals surface area contributed by atoms with E-state index < -0.39 is 0 Å². The Morgan fingerprint density at radius 1 is 1.53 bits per heavy atom. The lowest BCUT2D eigenvalue weighted by Crippen LogP contribution is -2.29. The molecule has 0 saturated carbocycles. The monoisotopic (exact) mass is 229 g/mol. The molecule has 0 aromatic carbocycles. The van der Waals surface area contributed by atoms with E-state index in [0.717, 1.165) is 31.8 Å². The molecule has 0 amide bonds. The van der Waals surface area contributed by atoms with E-state index in [2.05, 4.69) is 16.0 Å². The quantitative estimate of drug-likeness (QED) is 0.741. The third-order valence-corrected chi connectivity index (χ3v) is 2.86. The summed E-state index contributed by atoms with van der Waals surface area (Å²) in [6.45, 7) is 2.58. The maximum Gasteiger partial charge on any atom is 0.140 e. The number of nitriles is 1. The minimum Gasteiger partial charge on any atom is -0.380 e. The molecule has 0 spiro atoms. The van der Waals surface area contributed by atoms with Gasteiger partial charge >= 0.3 is 0 Å². The summed E-state index contributed by atoms with van der Waals surface area (Å²) in [5.41, 5.74) is 2.88. The highest BCUT2D eigenvalue weighted by Gasteiger charge is 2.12. The minimum absolute atomic E-state index is 0.460. The van der Waals surface area contributed by atoms with Crippen LogP contribution in [0, 0.1) is 11.3 Å². The first-order valence-electron chi connectivity index (χ1n) is 5.61. The van der Waals surface area contributed by atoms with Crippen molar-refractivity contribution in [2.75, 3.05) is 31.7 Å². The summed E-state index contributed by atoms with van der Waals surface area (Å²) in [6, 6.07) is 5.72. The van der Waals surface area contributed by atoms with Gasteiger partial charge in [0.25, 0.3) is 0 Å². The molecule has 2 rings (SSSR count). The second-order valence-corrected chi connectivity index (χ2v) is 4.00. The van der Waals surface area contributed by atoms with E-state index in [4.69, 9.17) is 10.00 Å². The second kappa shape index (κ2) is 5.46. The summed E-state index contributed by atoms with van der Waals surface area (Å²) in [7, 11) is 1.72. The number of aromatic nitrogens is 1. The Morgan fingerprint density at radius 2 is 2.41 bits per heavy atom. The van der Waals surface area contributed by atoms with Crippen molar-refractivity contribution in [3.8, 4) is 6.07 Å². The lowest BCUT2D eigenvalue weighted by Gasteiger charge is -2.27. The first kappa shape index (κ1) is 11.6. The maximum atomic E-state index is 8.68. The van der Waals surface area contributed by atoms with Crippen LogP contribution < -0.4 is 4.90 Å². The Bertz CT molecular complexity index is 445. The van der Waals surface area contributed by atoms with Crippen molar-refractivity contribution in [3.63, 3.8) is 0 Å². The lowest BCUT2D eigenvalue weighted by molar-refractivity contribution is 0.222. The standard InChI is InChI=1S/C13H15N3O/c1-17-10-11-4-6-16(7-5-11)13-3-2-12(8-14)15-9-13/h2-4,9H,5-7,10H2,1H3. The van der Waals surface area contributed by atoms with E-state index in [-0.39, 0.29) is 0 Å². The number of rotatable bonds is 3. The molecule has 1 aromatic heterocycles. The zero-order chi connectivity index (χ0) is 12.1. The molecule has 1 aromatic rings. The van der Waals surface area contributed by atoms with Gasteiger partial charge in [-0.3, -0.25) is 0 Å². The van der Waals surface area contributed by atoms with Crippen LogP contribution >= 0.6 is 0 Å². The van der Waals surface area contributed by atoms with Crippen molar-refractivity contribution in [2.45, 2.75) is 6.42 Å². The molecule has 17 heavy (non-hydrogen) atoms. The van der Waals surface area contributed by atoms with Gasteiger partial charge in [-0.25, -0.2) is 4.98 Å². The van der Waals surface area contributed by atoms with Crippen LogP contribution in [0.5, 0.6) is 0 Å². The fourth-order valence-electron chi connectivity index (χ4n) is 1.90. The van der Waals surface area contributed by atoms with E-state index >= 15 is 0 Å². The summed E-state index contributed by atoms with van der Waals surface area (Å²) < 4.78 is 5.12. The Hall–Kier alpha value is -1.86. The van der Waals surface area contributed by atoms with Gasteiger partial charge in [-0.05, 0) is 24.1 Å². The van der Waals surface area contributed by atoms with Gasteiger partial charge in [0.2, 0.25) is 0 Å². The minimum atomic E-state index is 0.460. The first-order chi connectivity index (χ1) is 8.33. The van der Waals surface area contributed by atoms with Crippen LogP contribution in [0.15, 0.2) is 30.0 Å². The maximum absolute atomic E-state index is 8.68. The summed E-state index contributed by atoms with van der Waals surface area (Å²) >= 11 is 0. The van der Waals surface area contributed by atoms with Gasteiger partial charge in [0.1, 0.15) is 11.8 Å². The van der Waals surface area contributed by atoms with Crippen molar-refractivity contribution < 1.29 is 4.74 Å². The molecule has 0 bridgehead atoms. The van der Waals surface area contributed by atoms with Crippen LogP contribution in [0.4, 0.5) is 5.69 Å². The summed E-state index contributed by atoms with van der Waals surface area (Å²) in [5, 5.41) is 8.68. The predicted molar refractivity (Wildman–Crippen MR) is 65.7 cm³/mol. The molecule has 1 aliphatic heterocycles. The number of ether oxygens (including phenoxy) is 1. The summed E-state index contributed by atoms with van der Waals surface area (Å²) in [6.07, 6.45) is 4.98. The molecule has 0 aliphatic carbocycles. The molecule has 88 valence electrons. The van der Waals surface area contributed by atoms with Crippen LogP contribution in [0.2, 0.25) is 0 Å². The number of pyridine rings is 1. The van der Waals surface area contributed by atoms with Gasteiger partial charge in [0.05, 0.1) is 18.5 Å². The fraction of sp³-hybridized carbons (Fsp3) is 0.385. The van der Waals surface area contributed by atoms with Gasteiger partial charge in [-0.1, -0.05) is 6.08 Å². The molecule has 4 heteroatoms. The molecule has 0 fully saturated rings. The van der Waals surface area contributed by atoms with Crippen molar-refractivity contribution in [3.05, 3.63) is 35.7 Å². The van der Waals surface area contributed by atoms with E-state index in [9.17, 15) is 0 Å². The average Bonchev–Trinajstić information content (AvgIpc) is 2.40. The first-order valence-corrected chi connectivity index (χ1v) is 5.61. The second-order valence-electron chi connectivity index (χ2n) is 4.00. The largest absolute Gasteiger partial charge is 0.380 e. The van der Waals surface area contributed by atoms with Crippen molar-refractivity contribution in [1.82, 2.24) is 4.98 Å². The smallest absolute Gasteiger partial charge is 0.140 e. The van der Waals surface area contributed by atoms with Crippen LogP contribution in [-0.4, -0.2) is 31.8 Å². The zero-order valence-electron chi connectivity index (χ0n) is 9.89. The van der Waals surface area contributed by atoms with Crippen LogP contribution in [-0.2, 0) is 4.74 Å². The van der Waals surface area contributed by atoms with Gasteiger partial charge in [0.15, 0.2) is 0 Å². The highest BCUT2D eigenvalue weighted by molar-refractivity contribution is 5.47. The average molecular weight is 229 g/mol. The fourth-order valence-corrected chi connectivity index (χ4v) is 1.90. The Labute approximate surface area is 101 Å². The number of nitrogens with zero attached hydrogens (tertiary/aromatic N) is 3. The van der Waals surface area contributed by atoms with Crippen molar-refractivity contribution in [2.24, 2.45) is 0 Å². The van der Waals surface area contributed by atoms with E-state index in [1.54, 1.807) is 19.4 Å². The number of hydrogen-bond acceptors (Lipinski definition) is 4. The Balaban J connectivity index is 2.03. The third kappa shape index (κ3) is 2.83. The molecule has 4 nitrogen and oxygen atoms in total. The van der Waals surface area contributed by atoms with Gasteiger partial charge in [-0.15, -0.1) is 0 Å². The Kier molecular flexibility index (Phi) is 3.73. The van der Waals surface area contributed by atoms with Crippen molar-refractivity contribution in [1.29, 1.82) is 5.26 Å². The van der Waals surface area contributed by atoms with Gasteiger partial charge in [-0.2, -0.15) is 5.26 Å². The molecule has 0 N–H and O–H groups in total. The number of anilines is 1. The lowest BCUT2D eigenvalue weighted by atomic mass is 10.1. The Morgan fingerprint density at radius 3 is 2.94 bits per heavy atom. The third-order valence-electron chi connectivity index (χ3n) is 2.86. The normalized spacial score (nSPS) is 15.3. The van der Waals surface area contributed by atoms with Gasteiger partial charge in [0, 0.05) is 20.2 Å². The van der Waals surface area contributed by atoms with Crippen LogP contribution in [0.25, 0.3) is 0 Å². The molecular formula is C13H15N3O. The molecule has 0 atom stereocenters. The topological polar surface area (TPSA) is 49.1 Å². The molecular weight excluding hydrogens is 214 g/mol. The van der Waals surface area contributed by atoms with Crippen molar-refractivity contribution >= 4 is 5.69 Å². The predicted octanol–water partition coefficient (Wildman–Crippen LogP) is 1.74. The summed E-state index contributed by atoms with van der Waals surface area (Å²) in [5.74, 6) is 0. The number of methoxy groups -OCH3 is 1. The highest BCUT2D eigenvalue weighted by atomic mass is 16.5.